The summed E-state index contributed by atoms with van der Waals surface area (Å²) in [4.78, 5) is 0.942. The molecule has 2 atom stereocenters. The van der Waals surface area contributed by atoms with Crippen LogP contribution in [0.3, 0.4) is 0 Å². The molecular formula is C13H17FO2S. The maximum absolute atomic E-state index is 13.1. The van der Waals surface area contributed by atoms with E-state index in [9.17, 15) is 9.50 Å². The summed E-state index contributed by atoms with van der Waals surface area (Å²) < 4.78 is 18.6. The molecule has 94 valence electrons. The van der Waals surface area contributed by atoms with Crippen LogP contribution in [0.1, 0.15) is 31.4 Å². The molecule has 1 unspecified atom stereocenters. The molecule has 0 radical (unpaired) electrons. The molecular weight excluding hydrogens is 239 g/mol. The Balaban J connectivity index is 2.03. The van der Waals surface area contributed by atoms with E-state index in [1.165, 1.54) is 12.1 Å². The summed E-state index contributed by atoms with van der Waals surface area (Å²) in [5, 5.41) is 9.61. The molecule has 0 amide bonds. The Morgan fingerprint density at radius 3 is 3.06 bits per heavy atom. The second-order valence-corrected chi connectivity index (χ2v) is 5.37. The van der Waals surface area contributed by atoms with E-state index in [4.69, 9.17) is 4.74 Å². The van der Waals surface area contributed by atoms with E-state index in [1.54, 1.807) is 24.8 Å². The van der Waals surface area contributed by atoms with Gasteiger partial charge in [0.25, 0.3) is 0 Å². The first-order valence-corrected chi connectivity index (χ1v) is 6.87. The van der Waals surface area contributed by atoms with E-state index in [0.717, 1.165) is 30.1 Å². The maximum Gasteiger partial charge on any atom is 0.123 e. The van der Waals surface area contributed by atoms with Crippen LogP contribution in [0.15, 0.2) is 23.1 Å². The number of thioether (sulfide) groups is 1. The van der Waals surface area contributed by atoms with E-state index in [1.807, 2.05) is 0 Å². The number of halogens is 1. The monoisotopic (exact) mass is 256 g/mol. The van der Waals surface area contributed by atoms with E-state index in [2.05, 4.69) is 0 Å². The lowest BCUT2D eigenvalue weighted by Gasteiger charge is -2.14. The quantitative estimate of drug-likeness (QED) is 0.839. The summed E-state index contributed by atoms with van der Waals surface area (Å²) in [6.45, 7) is 2.50. The van der Waals surface area contributed by atoms with Gasteiger partial charge in [0.15, 0.2) is 0 Å². The molecule has 1 aromatic carbocycles. The van der Waals surface area contributed by atoms with Gasteiger partial charge in [-0.1, -0.05) is 0 Å². The Morgan fingerprint density at radius 1 is 1.59 bits per heavy atom. The lowest BCUT2D eigenvalue weighted by Crippen LogP contribution is -2.08. The third-order valence-corrected chi connectivity index (χ3v) is 4.09. The second-order valence-electron chi connectivity index (χ2n) is 4.30. The van der Waals surface area contributed by atoms with Crippen LogP contribution in [-0.2, 0) is 4.74 Å². The zero-order valence-corrected chi connectivity index (χ0v) is 10.7. The molecule has 1 N–H and O–H groups in total. The number of aliphatic hydroxyl groups excluding tert-OH is 1. The van der Waals surface area contributed by atoms with Crippen LogP contribution in [0.4, 0.5) is 4.39 Å². The van der Waals surface area contributed by atoms with Gasteiger partial charge in [0.1, 0.15) is 5.82 Å². The average molecular weight is 256 g/mol. The van der Waals surface area contributed by atoms with Crippen molar-refractivity contribution in [3.63, 3.8) is 0 Å². The predicted octanol–water partition coefficient (Wildman–Crippen LogP) is 3.15. The lowest BCUT2D eigenvalue weighted by molar-refractivity contribution is 0.129. The SMILES string of the molecule is C[C@H](O)c1cc(F)ccc1SCC1CCCO1. The molecule has 1 aromatic rings. The van der Waals surface area contributed by atoms with Gasteiger partial charge in [0, 0.05) is 17.3 Å². The summed E-state index contributed by atoms with van der Waals surface area (Å²) in [5.74, 6) is 0.563. The molecule has 1 fully saturated rings. The largest absolute Gasteiger partial charge is 0.389 e. The fraction of sp³-hybridized carbons (Fsp3) is 0.538. The van der Waals surface area contributed by atoms with Crippen molar-refractivity contribution in [2.75, 3.05) is 12.4 Å². The molecule has 0 aromatic heterocycles. The van der Waals surface area contributed by atoms with Crippen LogP contribution in [0.2, 0.25) is 0 Å². The Kier molecular flexibility index (Phi) is 4.42. The fourth-order valence-corrected chi connectivity index (χ4v) is 3.12. The summed E-state index contributed by atoms with van der Waals surface area (Å²) in [6, 6.07) is 4.57. The van der Waals surface area contributed by atoms with Crippen molar-refractivity contribution in [1.82, 2.24) is 0 Å². The van der Waals surface area contributed by atoms with E-state index in [-0.39, 0.29) is 5.82 Å². The van der Waals surface area contributed by atoms with Crippen molar-refractivity contribution in [2.24, 2.45) is 0 Å². The predicted molar refractivity (Wildman–Crippen MR) is 66.7 cm³/mol. The van der Waals surface area contributed by atoms with Crippen LogP contribution < -0.4 is 0 Å². The minimum Gasteiger partial charge on any atom is -0.389 e. The van der Waals surface area contributed by atoms with Crippen LogP contribution in [0.5, 0.6) is 0 Å². The van der Waals surface area contributed by atoms with Crippen molar-refractivity contribution in [2.45, 2.75) is 36.9 Å². The first kappa shape index (κ1) is 12.9. The Hall–Kier alpha value is -0.580. The highest BCUT2D eigenvalue weighted by Crippen LogP contribution is 2.30. The summed E-state index contributed by atoms with van der Waals surface area (Å²) in [6.07, 6.45) is 1.88. The van der Waals surface area contributed by atoms with Gasteiger partial charge in [-0.2, -0.15) is 0 Å². The molecule has 1 aliphatic heterocycles. The van der Waals surface area contributed by atoms with Gasteiger partial charge in [0.2, 0.25) is 0 Å². The number of aliphatic hydroxyl groups is 1. The molecule has 4 heteroatoms. The number of hydrogen-bond acceptors (Lipinski definition) is 3. The third-order valence-electron chi connectivity index (χ3n) is 2.87. The van der Waals surface area contributed by atoms with Gasteiger partial charge in [-0.25, -0.2) is 4.39 Å². The number of ether oxygens (including phenoxy) is 1. The van der Waals surface area contributed by atoms with Gasteiger partial charge in [-0.3, -0.25) is 0 Å². The van der Waals surface area contributed by atoms with Gasteiger partial charge >= 0.3 is 0 Å². The molecule has 1 heterocycles. The smallest absolute Gasteiger partial charge is 0.123 e. The summed E-state index contributed by atoms with van der Waals surface area (Å²) >= 11 is 1.63. The number of hydrogen-bond donors (Lipinski definition) is 1. The Labute approximate surface area is 105 Å². The van der Waals surface area contributed by atoms with Crippen molar-refractivity contribution in [3.8, 4) is 0 Å². The Bertz CT molecular complexity index is 376. The topological polar surface area (TPSA) is 29.5 Å². The van der Waals surface area contributed by atoms with E-state index in [0.29, 0.717) is 11.7 Å². The van der Waals surface area contributed by atoms with Crippen LogP contribution >= 0.6 is 11.8 Å². The van der Waals surface area contributed by atoms with Crippen molar-refractivity contribution in [1.29, 1.82) is 0 Å². The standard InChI is InChI=1S/C13H17FO2S/c1-9(15)12-7-10(14)4-5-13(12)17-8-11-3-2-6-16-11/h4-5,7,9,11,15H,2-3,6,8H2,1H3/t9-,11?/m0/s1. The van der Waals surface area contributed by atoms with Crippen molar-refractivity contribution >= 4 is 11.8 Å². The number of rotatable bonds is 4. The average Bonchev–Trinajstić information content (AvgIpc) is 2.80. The van der Waals surface area contributed by atoms with Gasteiger partial charge in [-0.15, -0.1) is 11.8 Å². The lowest BCUT2D eigenvalue weighted by atomic mass is 10.1. The van der Waals surface area contributed by atoms with Crippen LogP contribution in [0, 0.1) is 5.82 Å². The van der Waals surface area contributed by atoms with Crippen molar-refractivity contribution in [3.05, 3.63) is 29.6 Å². The van der Waals surface area contributed by atoms with Crippen LogP contribution in [-0.4, -0.2) is 23.6 Å². The normalized spacial score (nSPS) is 21.7. The highest BCUT2D eigenvalue weighted by atomic mass is 32.2. The fourth-order valence-electron chi connectivity index (χ4n) is 1.94. The van der Waals surface area contributed by atoms with E-state index < -0.39 is 6.10 Å². The van der Waals surface area contributed by atoms with Gasteiger partial charge in [0.05, 0.1) is 12.2 Å². The highest BCUT2D eigenvalue weighted by molar-refractivity contribution is 7.99. The molecule has 1 aliphatic rings. The minimum atomic E-state index is -0.641. The summed E-state index contributed by atoms with van der Waals surface area (Å²) in [7, 11) is 0. The second kappa shape index (κ2) is 5.85. The molecule has 0 bridgehead atoms. The molecule has 2 rings (SSSR count). The molecule has 0 saturated carbocycles. The molecule has 2 nitrogen and oxygen atoms in total. The highest BCUT2D eigenvalue weighted by Gasteiger charge is 2.17. The molecule has 1 saturated heterocycles. The maximum atomic E-state index is 13.1. The van der Waals surface area contributed by atoms with Gasteiger partial charge in [-0.05, 0) is 43.5 Å². The third kappa shape index (κ3) is 3.44. The van der Waals surface area contributed by atoms with Crippen LogP contribution in [0.25, 0.3) is 0 Å². The summed E-state index contributed by atoms with van der Waals surface area (Å²) in [5.41, 5.74) is 0.660. The molecule has 17 heavy (non-hydrogen) atoms. The minimum absolute atomic E-state index is 0.298. The zero-order chi connectivity index (χ0) is 12.3. The number of benzene rings is 1. The molecule has 0 spiro atoms. The molecule has 0 aliphatic carbocycles. The zero-order valence-electron chi connectivity index (χ0n) is 9.86. The first-order valence-electron chi connectivity index (χ1n) is 5.88. The van der Waals surface area contributed by atoms with E-state index >= 15 is 0 Å². The Morgan fingerprint density at radius 2 is 2.41 bits per heavy atom. The first-order chi connectivity index (χ1) is 8.16. The van der Waals surface area contributed by atoms with Gasteiger partial charge < -0.3 is 9.84 Å². The van der Waals surface area contributed by atoms with Crippen molar-refractivity contribution < 1.29 is 14.2 Å².